The van der Waals surface area contributed by atoms with Gasteiger partial charge >= 0.3 is 5.97 Å². The number of pyridine rings is 1. The van der Waals surface area contributed by atoms with E-state index in [4.69, 9.17) is 4.74 Å². The molecule has 1 saturated heterocycles. The highest BCUT2D eigenvalue weighted by molar-refractivity contribution is 5.85. The number of carbonyl (C=O) groups excluding carboxylic acids is 1. The highest BCUT2D eigenvalue weighted by atomic mass is 19.3. The summed E-state index contributed by atoms with van der Waals surface area (Å²) in [6, 6.07) is 2.92. The Labute approximate surface area is 214 Å². The molecule has 3 heterocycles. The predicted octanol–water partition coefficient (Wildman–Crippen LogP) is 3.77. The van der Waals surface area contributed by atoms with Crippen molar-refractivity contribution in [1.82, 2.24) is 24.9 Å². The van der Waals surface area contributed by atoms with Crippen LogP contribution in [0.4, 0.5) is 8.78 Å². The zero-order valence-corrected chi connectivity index (χ0v) is 21.0. The number of ether oxygens (including phenoxy) is 1. The van der Waals surface area contributed by atoms with Crippen molar-refractivity contribution in [2.24, 2.45) is 10.8 Å². The fourth-order valence-corrected chi connectivity index (χ4v) is 6.05. The molecule has 37 heavy (non-hydrogen) atoms. The van der Waals surface area contributed by atoms with Crippen LogP contribution in [0.3, 0.4) is 0 Å². The minimum atomic E-state index is -2.93. The highest BCUT2D eigenvalue weighted by Crippen LogP contribution is 2.57. The van der Waals surface area contributed by atoms with Gasteiger partial charge in [0.05, 0.1) is 36.6 Å². The zero-order valence-electron chi connectivity index (χ0n) is 21.0. The second-order valence-corrected chi connectivity index (χ2v) is 11.0. The Kier molecular flexibility index (Phi) is 6.76. The number of amides is 1. The second-order valence-electron chi connectivity index (χ2n) is 11.0. The predicted molar refractivity (Wildman–Crippen MR) is 128 cm³/mol. The van der Waals surface area contributed by atoms with Crippen LogP contribution in [0.25, 0.3) is 0 Å². The van der Waals surface area contributed by atoms with Gasteiger partial charge in [-0.3, -0.25) is 14.6 Å². The van der Waals surface area contributed by atoms with Crippen LogP contribution in [0.2, 0.25) is 0 Å². The molecule has 1 atom stereocenters. The number of aromatic nitrogens is 4. The van der Waals surface area contributed by atoms with Gasteiger partial charge in [0.2, 0.25) is 5.91 Å². The summed E-state index contributed by atoms with van der Waals surface area (Å²) < 4.78 is 34.4. The van der Waals surface area contributed by atoms with Gasteiger partial charge in [-0.15, -0.1) is 5.10 Å². The fourth-order valence-electron chi connectivity index (χ4n) is 6.05. The Hall–Kier alpha value is -2.95. The number of alkyl halides is 2. The van der Waals surface area contributed by atoms with Crippen LogP contribution in [-0.4, -0.2) is 61.1 Å². The summed E-state index contributed by atoms with van der Waals surface area (Å²) in [5, 5.41) is 17.9. The maximum absolute atomic E-state index is 13.5. The molecule has 2 bridgehead atoms. The standard InChI is InChI=1S/C26H33F2N5O4/c1-24(27,28)18-4-5-19(29-13-18)14-33-15-20(30-31-33)17-37-21-3-2-12-32(16-21)22(34)25-6-9-26(10-7-25,11-8-25)23(35)36/h4-5,13,15,21H,2-3,6-12,14,16-17H2,1H3,(H,35,36). The van der Waals surface area contributed by atoms with Crippen LogP contribution in [-0.2, 0) is 33.4 Å². The van der Waals surface area contributed by atoms with E-state index in [-0.39, 0.29) is 24.2 Å². The van der Waals surface area contributed by atoms with Crippen molar-refractivity contribution in [2.75, 3.05) is 13.1 Å². The number of fused-ring (bicyclic) bond motifs is 3. The number of halogens is 2. The van der Waals surface area contributed by atoms with E-state index >= 15 is 0 Å². The van der Waals surface area contributed by atoms with Gasteiger partial charge < -0.3 is 14.7 Å². The number of carboxylic acids is 1. The lowest BCUT2D eigenvalue weighted by Gasteiger charge is -2.52. The molecule has 0 aromatic carbocycles. The third-order valence-corrected chi connectivity index (χ3v) is 8.53. The number of likely N-dealkylation sites (tertiary alicyclic amines) is 1. The zero-order chi connectivity index (χ0) is 26.3. The molecule has 1 aliphatic heterocycles. The third-order valence-electron chi connectivity index (χ3n) is 8.53. The molecule has 4 fully saturated rings. The van der Waals surface area contributed by atoms with Crippen LogP contribution in [0.5, 0.6) is 0 Å². The van der Waals surface area contributed by atoms with Crippen LogP contribution in [0.15, 0.2) is 24.5 Å². The first-order valence-electron chi connectivity index (χ1n) is 13.0. The number of hydrogen-bond acceptors (Lipinski definition) is 6. The molecule has 0 spiro atoms. The molecule has 200 valence electrons. The highest BCUT2D eigenvalue weighted by Gasteiger charge is 2.56. The van der Waals surface area contributed by atoms with Gasteiger partial charge in [0.25, 0.3) is 5.92 Å². The topological polar surface area (TPSA) is 110 Å². The number of carboxylic acid groups (broad SMARTS) is 1. The average molecular weight is 518 g/mol. The van der Waals surface area contributed by atoms with E-state index in [2.05, 4.69) is 15.3 Å². The monoisotopic (exact) mass is 517 g/mol. The van der Waals surface area contributed by atoms with Gasteiger partial charge in [-0.2, -0.15) is 0 Å². The number of hydrogen-bond donors (Lipinski definition) is 1. The maximum Gasteiger partial charge on any atom is 0.309 e. The molecule has 11 heteroatoms. The molecule has 2 aromatic heterocycles. The SMILES string of the molecule is CC(F)(F)c1ccc(Cn2cc(COC3CCCN(C(=O)C45CCC(C(=O)O)(CC4)CC5)C3)nn2)nc1. The Morgan fingerprint density at radius 1 is 1.14 bits per heavy atom. The molecule has 3 saturated carbocycles. The maximum atomic E-state index is 13.5. The van der Waals surface area contributed by atoms with E-state index < -0.39 is 22.7 Å². The quantitative estimate of drug-likeness (QED) is 0.568. The van der Waals surface area contributed by atoms with E-state index in [1.165, 1.54) is 12.3 Å². The minimum absolute atomic E-state index is 0.102. The fraction of sp³-hybridized carbons (Fsp3) is 0.654. The number of piperidine rings is 1. The first-order chi connectivity index (χ1) is 17.6. The Bertz CT molecular complexity index is 1120. The second kappa shape index (κ2) is 9.74. The van der Waals surface area contributed by atoms with Gasteiger partial charge in [0.1, 0.15) is 5.69 Å². The number of rotatable bonds is 8. The molecule has 3 aliphatic carbocycles. The lowest BCUT2D eigenvalue weighted by Crippen LogP contribution is -2.55. The summed E-state index contributed by atoms with van der Waals surface area (Å²) in [6.45, 7) is 2.63. The number of carbonyl (C=O) groups is 2. The van der Waals surface area contributed by atoms with Crippen LogP contribution in [0, 0.1) is 10.8 Å². The Morgan fingerprint density at radius 2 is 1.84 bits per heavy atom. The van der Waals surface area contributed by atoms with E-state index in [0.717, 1.165) is 19.8 Å². The molecular weight excluding hydrogens is 484 g/mol. The van der Waals surface area contributed by atoms with Crippen LogP contribution >= 0.6 is 0 Å². The summed E-state index contributed by atoms with van der Waals surface area (Å²) >= 11 is 0. The minimum Gasteiger partial charge on any atom is -0.481 e. The van der Waals surface area contributed by atoms with Gasteiger partial charge in [-0.05, 0) is 63.5 Å². The molecular formula is C26H33F2N5O4. The summed E-state index contributed by atoms with van der Waals surface area (Å²) in [4.78, 5) is 31.3. The van der Waals surface area contributed by atoms with Crippen LogP contribution < -0.4 is 0 Å². The van der Waals surface area contributed by atoms with Crippen molar-refractivity contribution in [3.05, 3.63) is 41.5 Å². The summed E-state index contributed by atoms with van der Waals surface area (Å²) in [6.07, 6.45) is 8.25. The van der Waals surface area contributed by atoms with Crippen molar-refractivity contribution in [3.8, 4) is 0 Å². The molecule has 0 radical (unpaired) electrons. The first kappa shape index (κ1) is 25.7. The summed E-state index contributed by atoms with van der Waals surface area (Å²) in [5.74, 6) is -3.49. The lowest BCUT2D eigenvalue weighted by molar-refractivity contribution is -0.169. The van der Waals surface area contributed by atoms with Crippen molar-refractivity contribution in [1.29, 1.82) is 0 Å². The first-order valence-corrected chi connectivity index (χ1v) is 13.0. The van der Waals surface area contributed by atoms with Crippen molar-refractivity contribution >= 4 is 11.9 Å². The van der Waals surface area contributed by atoms with E-state index in [1.807, 2.05) is 4.90 Å². The van der Waals surface area contributed by atoms with Gasteiger partial charge in [-0.25, -0.2) is 13.5 Å². The van der Waals surface area contributed by atoms with E-state index in [9.17, 15) is 23.5 Å². The Balaban J connectivity index is 1.12. The molecule has 9 nitrogen and oxygen atoms in total. The molecule has 4 aliphatic rings. The number of nitrogens with zero attached hydrogens (tertiary/aromatic N) is 5. The molecule has 1 amide bonds. The summed E-state index contributed by atoms with van der Waals surface area (Å²) in [7, 11) is 0. The number of aliphatic carboxylic acids is 1. The molecule has 6 rings (SSSR count). The van der Waals surface area contributed by atoms with Crippen LogP contribution in [0.1, 0.15) is 75.2 Å². The van der Waals surface area contributed by atoms with Gasteiger partial charge in [-0.1, -0.05) is 5.21 Å². The van der Waals surface area contributed by atoms with Crippen molar-refractivity contribution < 1.29 is 28.2 Å². The average Bonchev–Trinajstić information content (AvgIpc) is 3.35. The van der Waals surface area contributed by atoms with Gasteiger partial charge in [0.15, 0.2) is 0 Å². The lowest BCUT2D eigenvalue weighted by atomic mass is 9.53. The van der Waals surface area contributed by atoms with Crippen molar-refractivity contribution in [3.63, 3.8) is 0 Å². The summed E-state index contributed by atoms with van der Waals surface area (Å²) in [5.41, 5.74) is 0.0574. The molecule has 2 aromatic rings. The normalized spacial score (nSPS) is 27.9. The largest absolute Gasteiger partial charge is 0.481 e. The molecule has 1 N–H and O–H groups in total. The van der Waals surface area contributed by atoms with E-state index in [0.29, 0.717) is 69.5 Å². The van der Waals surface area contributed by atoms with Crippen molar-refractivity contribution in [2.45, 2.75) is 83.5 Å². The van der Waals surface area contributed by atoms with Gasteiger partial charge in [0, 0.05) is 37.2 Å². The Morgan fingerprint density at radius 3 is 2.46 bits per heavy atom. The smallest absolute Gasteiger partial charge is 0.309 e. The molecule has 1 unspecified atom stereocenters. The third kappa shape index (κ3) is 5.23. The van der Waals surface area contributed by atoms with E-state index in [1.54, 1.807) is 16.9 Å².